The van der Waals surface area contributed by atoms with Gasteiger partial charge in [-0.3, -0.25) is 4.79 Å². The van der Waals surface area contributed by atoms with Gasteiger partial charge in [-0.1, -0.05) is 11.6 Å². The van der Waals surface area contributed by atoms with Crippen LogP contribution in [0.2, 0.25) is 5.02 Å². The molecule has 1 saturated heterocycles. The van der Waals surface area contributed by atoms with Crippen LogP contribution in [0.15, 0.2) is 23.1 Å². The highest BCUT2D eigenvalue weighted by Crippen LogP contribution is 2.22. The van der Waals surface area contributed by atoms with Gasteiger partial charge in [0.1, 0.15) is 4.90 Å². The predicted molar refractivity (Wildman–Crippen MR) is 78.7 cm³/mol. The van der Waals surface area contributed by atoms with E-state index in [1.54, 1.807) is 0 Å². The second-order valence-electron chi connectivity index (χ2n) is 5.00. The van der Waals surface area contributed by atoms with E-state index in [4.69, 9.17) is 21.5 Å². The number of nitrogens with two attached hydrogens (primary N) is 1. The average Bonchev–Trinajstić information content (AvgIpc) is 2.91. The lowest BCUT2D eigenvalue weighted by atomic mass is 10.1. The Labute approximate surface area is 128 Å². The normalized spacial score (nSPS) is 20.2. The topological polar surface area (TPSA) is 98.5 Å². The molecule has 1 aliphatic heterocycles. The van der Waals surface area contributed by atoms with Crippen LogP contribution < -0.4 is 10.5 Å². The van der Waals surface area contributed by atoms with Crippen molar-refractivity contribution in [2.75, 3.05) is 6.61 Å². The van der Waals surface area contributed by atoms with Gasteiger partial charge in [0.15, 0.2) is 0 Å². The third kappa shape index (κ3) is 3.94. The van der Waals surface area contributed by atoms with Crippen LogP contribution in [-0.2, 0) is 14.8 Å². The maximum absolute atomic E-state index is 12.2. The number of primary sulfonamides is 1. The first-order chi connectivity index (χ1) is 9.79. The van der Waals surface area contributed by atoms with Crippen LogP contribution in [0.1, 0.15) is 30.1 Å². The van der Waals surface area contributed by atoms with E-state index in [1.807, 2.05) is 6.92 Å². The summed E-state index contributed by atoms with van der Waals surface area (Å²) in [5, 5.41) is 7.84. The molecule has 2 unspecified atom stereocenters. The van der Waals surface area contributed by atoms with Crippen molar-refractivity contribution in [1.82, 2.24) is 5.32 Å². The molecule has 8 heteroatoms. The van der Waals surface area contributed by atoms with Crippen LogP contribution in [0.25, 0.3) is 0 Å². The Morgan fingerprint density at radius 3 is 2.81 bits per heavy atom. The molecule has 0 bridgehead atoms. The largest absolute Gasteiger partial charge is 0.376 e. The van der Waals surface area contributed by atoms with E-state index in [9.17, 15) is 13.2 Å². The standard InChI is InChI=1S/C13H17ClN2O4S/c1-8(11-3-2-6-20-11)16-13(17)9-4-5-10(14)12(7-9)21(15,18)19/h4-5,7-8,11H,2-3,6H2,1H3,(H,16,17)(H2,15,18,19). The molecule has 3 N–H and O–H groups in total. The van der Waals surface area contributed by atoms with Crippen molar-refractivity contribution >= 4 is 27.5 Å². The number of nitrogens with one attached hydrogen (secondary N) is 1. The quantitative estimate of drug-likeness (QED) is 0.867. The summed E-state index contributed by atoms with van der Waals surface area (Å²) in [7, 11) is -3.97. The van der Waals surface area contributed by atoms with Crippen molar-refractivity contribution in [2.24, 2.45) is 5.14 Å². The van der Waals surface area contributed by atoms with Gasteiger partial charge in [-0.2, -0.15) is 0 Å². The highest BCUT2D eigenvalue weighted by molar-refractivity contribution is 7.89. The SMILES string of the molecule is CC(NC(=O)c1ccc(Cl)c(S(N)(=O)=O)c1)C1CCCO1. The summed E-state index contributed by atoms with van der Waals surface area (Å²) in [5.41, 5.74) is 0.188. The van der Waals surface area contributed by atoms with Gasteiger partial charge >= 0.3 is 0 Å². The molecule has 0 aliphatic carbocycles. The van der Waals surface area contributed by atoms with Crippen LogP contribution in [0.3, 0.4) is 0 Å². The van der Waals surface area contributed by atoms with Crippen LogP contribution in [0.4, 0.5) is 0 Å². The predicted octanol–water partition coefficient (Wildman–Crippen LogP) is 1.28. The van der Waals surface area contributed by atoms with E-state index in [0.29, 0.717) is 6.61 Å². The molecule has 1 amide bonds. The monoisotopic (exact) mass is 332 g/mol. The number of hydrogen-bond acceptors (Lipinski definition) is 4. The van der Waals surface area contributed by atoms with Crippen LogP contribution in [0, 0.1) is 0 Å². The van der Waals surface area contributed by atoms with Crippen molar-refractivity contribution in [3.05, 3.63) is 28.8 Å². The number of hydrogen-bond donors (Lipinski definition) is 2. The molecule has 116 valence electrons. The smallest absolute Gasteiger partial charge is 0.251 e. The molecule has 0 aromatic heterocycles. The summed E-state index contributed by atoms with van der Waals surface area (Å²) in [6, 6.07) is 3.81. The Balaban J connectivity index is 2.16. The summed E-state index contributed by atoms with van der Waals surface area (Å²) in [5.74, 6) is -0.389. The highest BCUT2D eigenvalue weighted by atomic mass is 35.5. The van der Waals surface area contributed by atoms with E-state index in [-0.39, 0.29) is 33.5 Å². The number of rotatable bonds is 4. The molecule has 1 heterocycles. The minimum atomic E-state index is -3.97. The van der Waals surface area contributed by atoms with E-state index in [1.165, 1.54) is 18.2 Å². The molecule has 1 fully saturated rings. The Bertz CT molecular complexity index is 642. The average molecular weight is 333 g/mol. The van der Waals surface area contributed by atoms with E-state index in [2.05, 4.69) is 5.32 Å². The maximum Gasteiger partial charge on any atom is 0.251 e. The van der Waals surface area contributed by atoms with Gasteiger partial charge in [0.25, 0.3) is 5.91 Å². The van der Waals surface area contributed by atoms with Crippen molar-refractivity contribution in [3.63, 3.8) is 0 Å². The second-order valence-corrected chi connectivity index (χ2v) is 6.94. The van der Waals surface area contributed by atoms with Gasteiger partial charge in [0.2, 0.25) is 10.0 Å². The molecular formula is C13H17ClN2O4S. The second kappa shape index (κ2) is 6.31. The van der Waals surface area contributed by atoms with E-state index in [0.717, 1.165) is 12.8 Å². The summed E-state index contributed by atoms with van der Waals surface area (Å²) >= 11 is 5.78. The highest BCUT2D eigenvalue weighted by Gasteiger charge is 2.24. The van der Waals surface area contributed by atoms with E-state index >= 15 is 0 Å². The zero-order valence-corrected chi connectivity index (χ0v) is 13.1. The first kappa shape index (κ1) is 16.2. The van der Waals surface area contributed by atoms with Gasteiger partial charge in [-0.05, 0) is 38.0 Å². The van der Waals surface area contributed by atoms with Gasteiger partial charge in [0, 0.05) is 12.2 Å². The van der Waals surface area contributed by atoms with Crippen molar-refractivity contribution in [2.45, 2.75) is 36.8 Å². The summed E-state index contributed by atoms with van der Waals surface area (Å²) in [6.45, 7) is 2.55. The molecule has 0 radical (unpaired) electrons. The maximum atomic E-state index is 12.2. The molecular weight excluding hydrogens is 316 g/mol. The molecule has 1 aromatic rings. The first-order valence-electron chi connectivity index (χ1n) is 6.54. The number of sulfonamides is 1. The zero-order chi connectivity index (χ0) is 15.6. The minimum Gasteiger partial charge on any atom is -0.376 e. The minimum absolute atomic E-state index is 0.0128. The van der Waals surface area contributed by atoms with Crippen LogP contribution >= 0.6 is 11.6 Å². The fraction of sp³-hybridized carbons (Fsp3) is 0.462. The van der Waals surface area contributed by atoms with Gasteiger partial charge < -0.3 is 10.1 Å². The summed E-state index contributed by atoms with van der Waals surface area (Å²) in [4.78, 5) is 11.9. The molecule has 0 spiro atoms. The number of carbonyl (C=O) groups excluding carboxylic acids is 1. The summed E-state index contributed by atoms with van der Waals surface area (Å²) in [6.07, 6.45) is 1.85. The fourth-order valence-corrected chi connectivity index (χ4v) is 3.31. The number of carbonyl (C=O) groups is 1. The molecule has 1 aliphatic rings. The first-order valence-corrected chi connectivity index (χ1v) is 8.46. The van der Waals surface area contributed by atoms with E-state index < -0.39 is 10.0 Å². The fourth-order valence-electron chi connectivity index (χ4n) is 2.24. The van der Waals surface area contributed by atoms with Crippen molar-refractivity contribution in [1.29, 1.82) is 0 Å². The third-order valence-corrected chi connectivity index (χ3v) is 4.77. The number of halogens is 1. The molecule has 6 nitrogen and oxygen atoms in total. The molecule has 2 rings (SSSR count). The Kier molecular flexibility index (Phi) is 4.88. The van der Waals surface area contributed by atoms with Gasteiger partial charge in [-0.25, -0.2) is 13.6 Å². The Morgan fingerprint density at radius 2 is 2.24 bits per heavy atom. The lowest BCUT2D eigenvalue weighted by Gasteiger charge is -2.20. The Hall–Kier alpha value is -1.15. The summed E-state index contributed by atoms with van der Waals surface area (Å²) < 4.78 is 28.3. The molecule has 0 saturated carbocycles. The number of amides is 1. The number of ether oxygens (including phenoxy) is 1. The molecule has 21 heavy (non-hydrogen) atoms. The lowest BCUT2D eigenvalue weighted by molar-refractivity contribution is 0.0712. The lowest BCUT2D eigenvalue weighted by Crippen LogP contribution is -2.40. The van der Waals surface area contributed by atoms with Crippen molar-refractivity contribution < 1.29 is 17.9 Å². The van der Waals surface area contributed by atoms with Gasteiger partial charge in [0.05, 0.1) is 17.2 Å². The molecule has 1 aromatic carbocycles. The molecule has 2 atom stereocenters. The third-order valence-electron chi connectivity index (χ3n) is 3.38. The van der Waals surface area contributed by atoms with Crippen LogP contribution in [-0.4, -0.2) is 33.1 Å². The number of benzene rings is 1. The van der Waals surface area contributed by atoms with Crippen LogP contribution in [0.5, 0.6) is 0 Å². The van der Waals surface area contributed by atoms with Gasteiger partial charge in [-0.15, -0.1) is 0 Å². The zero-order valence-electron chi connectivity index (χ0n) is 11.5. The Morgan fingerprint density at radius 1 is 1.52 bits per heavy atom. The van der Waals surface area contributed by atoms with Crippen molar-refractivity contribution in [3.8, 4) is 0 Å².